The fraction of sp³-hybridized carbons (Fsp3) is 0.421. The van der Waals surface area contributed by atoms with E-state index in [4.69, 9.17) is 0 Å². The maximum Gasteiger partial charge on any atom is 0.275 e. The number of hydrogen-bond donors (Lipinski definition) is 0. The summed E-state index contributed by atoms with van der Waals surface area (Å²) in [7, 11) is 1.91. The predicted octanol–water partition coefficient (Wildman–Crippen LogP) is 1.24. The molecule has 3 heterocycles. The quantitative estimate of drug-likeness (QED) is 0.696. The maximum absolute atomic E-state index is 12.9. The van der Waals surface area contributed by atoms with Gasteiger partial charge >= 0.3 is 0 Å². The average molecular weight is 366 g/mol. The van der Waals surface area contributed by atoms with Crippen LogP contribution in [0.15, 0.2) is 35.4 Å². The fourth-order valence-corrected chi connectivity index (χ4v) is 3.82. The van der Waals surface area contributed by atoms with Crippen molar-refractivity contribution in [3.05, 3.63) is 52.5 Å². The highest BCUT2D eigenvalue weighted by molar-refractivity contribution is 5.83. The van der Waals surface area contributed by atoms with Gasteiger partial charge in [-0.15, -0.1) is 10.2 Å². The van der Waals surface area contributed by atoms with Crippen LogP contribution >= 0.6 is 0 Å². The second kappa shape index (κ2) is 6.94. The van der Waals surface area contributed by atoms with Gasteiger partial charge < -0.3 is 9.47 Å². The number of fused-ring (bicyclic) bond motifs is 1. The molecule has 0 radical (unpaired) electrons. The number of aryl methyl sites for hydroxylation is 2. The molecule has 0 saturated carbocycles. The Morgan fingerprint density at radius 1 is 1.26 bits per heavy atom. The number of nitrogens with zero attached hydrogens (tertiary/aromatic N) is 6. The van der Waals surface area contributed by atoms with Crippen molar-refractivity contribution in [3.8, 4) is 0 Å². The van der Waals surface area contributed by atoms with Crippen LogP contribution in [0.5, 0.6) is 0 Å². The summed E-state index contributed by atoms with van der Waals surface area (Å²) in [6.45, 7) is 3.09. The highest BCUT2D eigenvalue weighted by atomic mass is 16.2. The molecular weight excluding hydrogens is 344 g/mol. The van der Waals surface area contributed by atoms with Gasteiger partial charge in [0.1, 0.15) is 18.7 Å². The molecule has 1 fully saturated rings. The number of hydrogen-bond acceptors (Lipinski definition) is 5. The zero-order chi connectivity index (χ0) is 19.0. The standard InChI is InChI=1S/C19H22N6O2/c1-13-15-7-3-4-8-16(15)19(27)25(22-13)11-17(26)24-9-5-6-14(10-24)18-21-20-12-23(18)2/h3-4,7-8,12,14H,5-6,9-11H2,1-2H3/t14-/m0/s1. The van der Waals surface area contributed by atoms with Gasteiger partial charge in [-0.25, -0.2) is 4.68 Å². The smallest absolute Gasteiger partial charge is 0.275 e. The van der Waals surface area contributed by atoms with E-state index in [1.165, 1.54) is 4.68 Å². The molecule has 0 unspecified atom stereocenters. The summed E-state index contributed by atoms with van der Waals surface area (Å²) >= 11 is 0. The van der Waals surface area contributed by atoms with Crippen LogP contribution in [0.2, 0.25) is 0 Å². The fourth-order valence-electron chi connectivity index (χ4n) is 3.82. The van der Waals surface area contributed by atoms with E-state index >= 15 is 0 Å². The molecule has 1 aliphatic rings. The minimum absolute atomic E-state index is 0.0456. The molecule has 1 amide bonds. The minimum Gasteiger partial charge on any atom is -0.340 e. The number of carbonyl (C=O) groups excluding carboxylic acids is 1. The van der Waals surface area contributed by atoms with Crippen molar-refractivity contribution < 1.29 is 4.79 Å². The molecule has 4 rings (SSSR count). The molecule has 2 aromatic heterocycles. The van der Waals surface area contributed by atoms with Crippen LogP contribution in [0.1, 0.15) is 30.3 Å². The first kappa shape index (κ1) is 17.4. The Balaban J connectivity index is 1.56. The Labute approximate surface area is 156 Å². The zero-order valence-corrected chi connectivity index (χ0v) is 15.5. The Morgan fingerprint density at radius 2 is 2.04 bits per heavy atom. The van der Waals surface area contributed by atoms with Gasteiger partial charge in [-0.3, -0.25) is 9.59 Å². The summed E-state index contributed by atoms with van der Waals surface area (Å²) in [6.07, 6.45) is 3.56. The van der Waals surface area contributed by atoms with Crippen LogP contribution in [0.25, 0.3) is 10.8 Å². The number of amides is 1. The van der Waals surface area contributed by atoms with E-state index in [-0.39, 0.29) is 23.9 Å². The first-order valence-electron chi connectivity index (χ1n) is 9.12. The number of carbonyl (C=O) groups is 1. The van der Waals surface area contributed by atoms with Crippen molar-refractivity contribution in [2.45, 2.75) is 32.2 Å². The lowest BCUT2D eigenvalue weighted by atomic mass is 9.97. The molecule has 0 N–H and O–H groups in total. The van der Waals surface area contributed by atoms with Gasteiger partial charge in [0.25, 0.3) is 5.56 Å². The molecule has 8 heteroatoms. The Hall–Kier alpha value is -3.03. The predicted molar refractivity (Wildman–Crippen MR) is 100 cm³/mol. The first-order valence-corrected chi connectivity index (χ1v) is 9.12. The summed E-state index contributed by atoms with van der Waals surface area (Å²) in [5, 5.41) is 13.9. The van der Waals surface area contributed by atoms with Gasteiger partial charge in [-0.05, 0) is 25.8 Å². The number of likely N-dealkylation sites (tertiary alicyclic amines) is 1. The third kappa shape index (κ3) is 3.22. The van der Waals surface area contributed by atoms with Gasteiger partial charge in [-0.1, -0.05) is 18.2 Å². The van der Waals surface area contributed by atoms with Crippen molar-refractivity contribution >= 4 is 16.7 Å². The maximum atomic E-state index is 12.9. The molecule has 140 valence electrons. The van der Waals surface area contributed by atoms with Crippen molar-refractivity contribution in [2.75, 3.05) is 13.1 Å². The zero-order valence-electron chi connectivity index (χ0n) is 15.5. The van der Waals surface area contributed by atoms with Crippen molar-refractivity contribution in [1.82, 2.24) is 29.4 Å². The van der Waals surface area contributed by atoms with E-state index < -0.39 is 0 Å². The Kier molecular flexibility index (Phi) is 4.47. The van der Waals surface area contributed by atoms with E-state index in [1.807, 2.05) is 41.6 Å². The van der Waals surface area contributed by atoms with Gasteiger partial charge in [-0.2, -0.15) is 5.10 Å². The Morgan fingerprint density at radius 3 is 2.78 bits per heavy atom. The largest absolute Gasteiger partial charge is 0.340 e. The monoisotopic (exact) mass is 366 g/mol. The number of piperidine rings is 1. The number of rotatable bonds is 3. The second-order valence-electron chi connectivity index (χ2n) is 7.07. The summed E-state index contributed by atoms with van der Waals surface area (Å²) < 4.78 is 3.18. The van der Waals surface area contributed by atoms with Crippen LogP contribution in [-0.4, -0.2) is 48.4 Å². The summed E-state index contributed by atoms with van der Waals surface area (Å²) in [5.41, 5.74) is 0.514. The number of benzene rings is 1. The normalized spacial score (nSPS) is 17.4. The highest BCUT2D eigenvalue weighted by Crippen LogP contribution is 2.25. The highest BCUT2D eigenvalue weighted by Gasteiger charge is 2.28. The molecule has 1 atom stereocenters. The topological polar surface area (TPSA) is 85.9 Å². The Bertz CT molecular complexity index is 1050. The van der Waals surface area contributed by atoms with E-state index in [1.54, 1.807) is 12.4 Å². The van der Waals surface area contributed by atoms with Crippen LogP contribution in [0.4, 0.5) is 0 Å². The molecule has 0 spiro atoms. The number of aromatic nitrogens is 5. The molecular formula is C19H22N6O2. The van der Waals surface area contributed by atoms with Gasteiger partial charge in [0.15, 0.2) is 0 Å². The van der Waals surface area contributed by atoms with Crippen LogP contribution < -0.4 is 5.56 Å². The van der Waals surface area contributed by atoms with Crippen molar-refractivity contribution in [3.63, 3.8) is 0 Å². The van der Waals surface area contributed by atoms with Gasteiger partial charge in [0, 0.05) is 31.4 Å². The third-order valence-electron chi connectivity index (χ3n) is 5.22. The minimum atomic E-state index is -0.230. The first-order chi connectivity index (χ1) is 13.0. The van der Waals surface area contributed by atoms with Crippen molar-refractivity contribution in [2.24, 2.45) is 7.05 Å². The molecule has 1 aromatic carbocycles. The summed E-state index contributed by atoms with van der Waals surface area (Å²) in [6, 6.07) is 7.36. The molecule has 27 heavy (non-hydrogen) atoms. The lowest BCUT2D eigenvalue weighted by Crippen LogP contribution is -2.43. The average Bonchev–Trinajstić information content (AvgIpc) is 3.12. The molecule has 8 nitrogen and oxygen atoms in total. The molecule has 0 aliphatic carbocycles. The summed E-state index contributed by atoms with van der Waals surface area (Å²) in [5.74, 6) is 0.966. The van der Waals surface area contributed by atoms with Gasteiger partial charge in [0.2, 0.25) is 5.91 Å². The van der Waals surface area contributed by atoms with Crippen LogP contribution in [-0.2, 0) is 18.4 Å². The SMILES string of the molecule is Cc1nn(CC(=O)N2CCC[C@H](c3nncn3C)C2)c(=O)c2ccccc12. The lowest BCUT2D eigenvalue weighted by molar-refractivity contribution is -0.133. The van der Waals surface area contributed by atoms with Crippen LogP contribution in [0.3, 0.4) is 0 Å². The lowest BCUT2D eigenvalue weighted by Gasteiger charge is -2.32. The van der Waals surface area contributed by atoms with Crippen LogP contribution in [0, 0.1) is 6.92 Å². The molecule has 1 aliphatic heterocycles. The van der Waals surface area contributed by atoms with Gasteiger partial charge in [0.05, 0.1) is 11.1 Å². The van der Waals surface area contributed by atoms with E-state index in [0.717, 1.165) is 29.7 Å². The molecule has 0 bridgehead atoms. The van der Waals surface area contributed by atoms with E-state index in [0.29, 0.717) is 18.5 Å². The molecule has 1 saturated heterocycles. The second-order valence-corrected chi connectivity index (χ2v) is 7.07. The summed E-state index contributed by atoms with van der Waals surface area (Å²) in [4.78, 5) is 27.4. The molecule has 3 aromatic rings. The van der Waals surface area contributed by atoms with Crippen molar-refractivity contribution in [1.29, 1.82) is 0 Å². The van der Waals surface area contributed by atoms with E-state index in [9.17, 15) is 9.59 Å². The third-order valence-corrected chi connectivity index (χ3v) is 5.22. The van der Waals surface area contributed by atoms with E-state index in [2.05, 4.69) is 15.3 Å².